The zero-order chi connectivity index (χ0) is 26.7. The highest BCUT2D eigenvalue weighted by molar-refractivity contribution is 5.88. The SMILES string of the molecule is CC1=C(C)C(c2c(C)c(=C(c3ccccc3)c3ccccc3)cc3c2=Cc2cc(C)ccc2-3)c2ccccc21. The summed E-state index contributed by atoms with van der Waals surface area (Å²) in [6.07, 6.45) is 2.44. The second kappa shape index (κ2) is 9.10. The van der Waals surface area contributed by atoms with Crippen molar-refractivity contribution in [1.29, 1.82) is 0 Å². The number of fused-ring (bicyclic) bond motifs is 4. The highest BCUT2D eigenvalue weighted by Gasteiger charge is 2.31. The highest BCUT2D eigenvalue weighted by atomic mass is 14.3. The van der Waals surface area contributed by atoms with E-state index in [0.717, 1.165) is 0 Å². The molecule has 5 aromatic rings. The number of benzene rings is 5. The van der Waals surface area contributed by atoms with Gasteiger partial charge in [-0.15, -0.1) is 0 Å². The molecule has 0 heteroatoms. The lowest BCUT2D eigenvalue weighted by molar-refractivity contribution is 0.947. The molecule has 0 fully saturated rings. The molecule has 0 saturated carbocycles. The summed E-state index contributed by atoms with van der Waals surface area (Å²) in [5.74, 6) is 0.245. The fourth-order valence-electron chi connectivity index (χ4n) is 6.85. The minimum absolute atomic E-state index is 0.245. The highest BCUT2D eigenvalue weighted by Crippen LogP contribution is 2.45. The van der Waals surface area contributed by atoms with Crippen LogP contribution in [0.5, 0.6) is 0 Å². The van der Waals surface area contributed by atoms with Crippen LogP contribution in [0.3, 0.4) is 0 Å². The first-order valence-corrected chi connectivity index (χ1v) is 13.9. The molecule has 0 aliphatic heterocycles. The predicted molar refractivity (Wildman–Crippen MR) is 165 cm³/mol. The van der Waals surface area contributed by atoms with Crippen LogP contribution in [0.4, 0.5) is 0 Å². The van der Waals surface area contributed by atoms with Crippen LogP contribution in [0.25, 0.3) is 28.3 Å². The molecule has 188 valence electrons. The van der Waals surface area contributed by atoms with E-state index in [-0.39, 0.29) is 5.92 Å². The van der Waals surface area contributed by atoms with E-state index in [0.29, 0.717) is 0 Å². The van der Waals surface area contributed by atoms with E-state index in [1.165, 1.54) is 82.8 Å². The Labute approximate surface area is 231 Å². The molecule has 0 radical (unpaired) electrons. The van der Waals surface area contributed by atoms with E-state index in [2.05, 4.69) is 143 Å². The Bertz CT molecular complexity index is 1880. The summed E-state index contributed by atoms with van der Waals surface area (Å²) >= 11 is 0. The van der Waals surface area contributed by atoms with Crippen molar-refractivity contribution in [2.24, 2.45) is 0 Å². The molecule has 1 unspecified atom stereocenters. The van der Waals surface area contributed by atoms with Crippen LogP contribution < -0.4 is 10.4 Å². The van der Waals surface area contributed by atoms with Gasteiger partial charge in [0.05, 0.1) is 0 Å². The van der Waals surface area contributed by atoms with Crippen molar-refractivity contribution in [2.75, 3.05) is 0 Å². The molecular weight excluding hydrogens is 468 g/mol. The van der Waals surface area contributed by atoms with Gasteiger partial charge in [-0.25, -0.2) is 0 Å². The number of hydrogen-bond acceptors (Lipinski definition) is 0. The lowest BCUT2D eigenvalue weighted by Gasteiger charge is -2.22. The van der Waals surface area contributed by atoms with Crippen LogP contribution in [0.2, 0.25) is 0 Å². The first-order valence-electron chi connectivity index (χ1n) is 13.9. The molecule has 39 heavy (non-hydrogen) atoms. The molecule has 0 bridgehead atoms. The van der Waals surface area contributed by atoms with Crippen LogP contribution in [-0.4, -0.2) is 0 Å². The third-order valence-electron chi connectivity index (χ3n) is 8.86. The Kier molecular flexibility index (Phi) is 5.53. The third kappa shape index (κ3) is 3.67. The molecule has 0 amide bonds. The Hall–Kier alpha value is -4.42. The van der Waals surface area contributed by atoms with Gasteiger partial charge in [-0.05, 0) is 111 Å². The second-order valence-electron chi connectivity index (χ2n) is 11.1. The Morgan fingerprint density at radius 2 is 1.23 bits per heavy atom. The molecule has 0 nitrogen and oxygen atoms in total. The van der Waals surface area contributed by atoms with E-state index in [1.807, 2.05) is 0 Å². The quantitative estimate of drug-likeness (QED) is 0.229. The van der Waals surface area contributed by atoms with Crippen molar-refractivity contribution in [3.63, 3.8) is 0 Å². The van der Waals surface area contributed by atoms with Crippen molar-refractivity contribution in [3.05, 3.63) is 170 Å². The van der Waals surface area contributed by atoms with Crippen molar-refractivity contribution in [3.8, 4) is 11.1 Å². The van der Waals surface area contributed by atoms with Crippen LogP contribution in [0.1, 0.15) is 64.3 Å². The number of rotatable bonds is 3. The number of aryl methyl sites for hydroxylation is 1. The summed E-state index contributed by atoms with van der Waals surface area (Å²) in [4.78, 5) is 0. The minimum atomic E-state index is 0.245. The summed E-state index contributed by atoms with van der Waals surface area (Å²) < 4.78 is 0. The molecule has 0 spiro atoms. The van der Waals surface area contributed by atoms with Gasteiger partial charge in [0.1, 0.15) is 0 Å². The fraction of sp³-hybridized carbons (Fsp3) is 0.128. The van der Waals surface area contributed by atoms with Gasteiger partial charge >= 0.3 is 0 Å². The Balaban J connectivity index is 1.67. The smallest absolute Gasteiger partial charge is 0.0317 e. The number of allylic oxidation sites excluding steroid dienone is 2. The minimum Gasteiger partial charge on any atom is -0.0622 e. The third-order valence-corrected chi connectivity index (χ3v) is 8.86. The van der Waals surface area contributed by atoms with Gasteiger partial charge in [-0.3, -0.25) is 0 Å². The summed E-state index contributed by atoms with van der Waals surface area (Å²) in [6, 6.07) is 40.2. The lowest BCUT2D eigenvalue weighted by atomic mass is 9.81. The summed E-state index contributed by atoms with van der Waals surface area (Å²) in [6.45, 7) is 9.17. The summed E-state index contributed by atoms with van der Waals surface area (Å²) in [7, 11) is 0. The lowest BCUT2D eigenvalue weighted by Crippen LogP contribution is -2.26. The van der Waals surface area contributed by atoms with Gasteiger partial charge in [-0.1, -0.05) is 114 Å². The van der Waals surface area contributed by atoms with E-state index >= 15 is 0 Å². The average Bonchev–Trinajstić information content (AvgIpc) is 3.44. The van der Waals surface area contributed by atoms with E-state index in [1.54, 1.807) is 0 Å². The average molecular weight is 501 g/mol. The summed E-state index contributed by atoms with van der Waals surface area (Å²) in [5, 5.41) is 2.70. The van der Waals surface area contributed by atoms with Crippen molar-refractivity contribution in [1.82, 2.24) is 0 Å². The van der Waals surface area contributed by atoms with E-state index < -0.39 is 0 Å². The molecule has 5 aromatic carbocycles. The molecule has 7 rings (SSSR count). The van der Waals surface area contributed by atoms with Crippen LogP contribution in [-0.2, 0) is 0 Å². The number of hydrogen-bond donors (Lipinski definition) is 0. The molecular formula is C39H32. The topological polar surface area (TPSA) is 0 Å². The van der Waals surface area contributed by atoms with E-state index in [9.17, 15) is 0 Å². The predicted octanol–water partition coefficient (Wildman–Crippen LogP) is 8.30. The largest absolute Gasteiger partial charge is 0.0622 e. The molecule has 0 saturated heterocycles. The van der Waals surface area contributed by atoms with Crippen LogP contribution >= 0.6 is 0 Å². The Morgan fingerprint density at radius 1 is 0.590 bits per heavy atom. The molecule has 0 heterocycles. The van der Waals surface area contributed by atoms with Gasteiger partial charge < -0.3 is 0 Å². The van der Waals surface area contributed by atoms with Gasteiger partial charge in [-0.2, -0.15) is 0 Å². The van der Waals surface area contributed by atoms with Gasteiger partial charge in [0.2, 0.25) is 0 Å². The maximum atomic E-state index is 2.47. The van der Waals surface area contributed by atoms with Crippen molar-refractivity contribution < 1.29 is 0 Å². The molecule has 2 aliphatic rings. The monoisotopic (exact) mass is 500 g/mol. The zero-order valence-corrected chi connectivity index (χ0v) is 23.0. The molecule has 2 aliphatic carbocycles. The maximum absolute atomic E-state index is 2.47. The standard InChI is InChI=1S/C39H32/c1-24-19-20-32-30(21-24)22-36-35(32)23-34(39(28-13-7-5-8-14-28)29-15-9-6-10-16-29)27(4)38(36)37-26(3)25(2)31-17-11-12-18-33(31)37/h5-23,37H,1-4H3. The van der Waals surface area contributed by atoms with Gasteiger partial charge in [0.25, 0.3) is 0 Å². The van der Waals surface area contributed by atoms with Gasteiger partial charge in [0, 0.05) is 5.92 Å². The zero-order valence-electron chi connectivity index (χ0n) is 23.0. The fourth-order valence-corrected chi connectivity index (χ4v) is 6.85. The summed E-state index contributed by atoms with van der Waals surface area (Å²) in [5.41, 5.74) is 17.6. The first-order chi connectivity index (χ1) is 19.0. The molecule has 0 aromatic heterocycles. The van der Waals surface area contributed by atoms with E-state index in [4.69, 9.17) is 0 Å². The Morgan fingerprint density at radius 3 is 1.92 bits per heavy atom. The van der Waals surface area contributed by atoms with Gasteiger partial charge in [0.15, 0.2) is 0 Å². The van der Waals surface area contributed by atoms with Crippen LogP contribution in [0.15, 0.2) is 115 Å². The van der Waals surface area contributed by atoms with Crippen molar-refractivity contribution >= 4 is 17.2 Å². The second-order valence-corrected chi connectivity index (χ2v) is 11.1. The molecule has 1 atom stereocenters. The van der Waals surface area contributed by atoms with Crippen LogP contribution in [0, 0.1) is 13.8 Å². The molecule has 0 N–H and O–H groups in total. The van der Waals surface area contributed by atoms with Crippen molar-refractivity contribution in [2.45, 2.75) is 33.6 Å². The maximum Gasteiger partial charge on any atom is 0.0317 e. The first kappa shape index (κ1) is 23.7. The normalized spacial score (nSPS) is 15.0.